The average molecular weight is 288 g/mol. The summed E-state index contributed by atoms with van der Waals surface area (Å²) < 4.78 is 8.21. The van der Waals surface area contributed by atoms with E-state index in [0.717, 1.165) is 29.1 Å². The van der Waals surface area contributed by atoms with Crippen LogP contribution in [0, 0.1) is 0 Å². The molecule has 5 heteroatoms. The first-order chi connectivity index (χ1) is 9.83. The Hall–Kier alpha value is -1.59. The third kappa shape index (κ3) is 1.89. The minimum atomic E-state index is -0.347. The van der Waals surface area contributed by atoms with Gasteiger partial charge in [-0.15, -0.1) is 11.3 Å². The number of rotatable bonds is 2. The number of amides is 1. The molecule has 2 aromatic rings. The second-order valence-corrected chi connectivity index (χ2v) is 6.23. The highest BCUT2D eigenvalue weighted by atomic mass is 32.1. The fourth-order valence-corrected chi connectivity index (χ4v) is 3.95. The standard InChI is InChI=1S/C15H16N2O2S/c18-13-11-7-9-20-15(11)17-8-3-6-12(17)14(16-13)19-10-4-1-2-5-10/h3,6-10,14H,1-2,4-5H2,(H,16,18). The van der Waals surface area contributed by atoms with E-state index in [1.165, 1.54) is 12.8 Å². The number of hydrogen-bond donors (Lipinski definition) is 1. The SMILES string of the molecule is O=C1NC(OC2CCCC2)c2cccn2-c2sccc21. The van der Waals surface area contributed by atoms with Gasteiger partial charge in [-0.3, -0.25) is 4.79 Å². The van der Waals surface area contributed by atoms with Crippen molar-refractivity contribution in [1.82, 2.24) is 9.88 Å². The van der Waals surface area contributed by atoms with Crippen molar-refractivity contribution in [1.29, 1.82) is 0 Å². The molecule has 3 heterocycles. The van der Waals surface area contributed by atoms with Gasteiger partial charge in [-0.25, -0.2) is 0 Å². The molecule has 0 saturated heterocycles. The summed E-state index contributed by atoms with van der Waals surface area (Å²) >= 11 is 1.58. The van der Waals surface area contributed by atoms with Crippen LogP contribution >= 0.6 is 11.3 Å². The normalized spacial score (nSPS) is 22.2. The fraction of sp³-hybridized carbons (Fsp3) is 0.400. The third-order valence-corrected chi connectivity index (χ3v) is 4.96. The zero-order chi connectivity index (χ0) is 13.5. The lowest BCUT2D eigenvalue weighted by molar-refractivity contribution is -0.0268. The van der Waals surface area contributed by atoms with Crippen molar-refractivity contribution in [2.45, 2.75) is 38.0 Å². The number of hydrogen-bond acceptors (Lipinski definition) is 3. The largest absolute Gasteiger partial charge is 0.349 e. The molecule has 0 aromatic carbocycles. The van der Waals surface area contributed by atoms with Crippen molar-refractivity contribution in [3.05, 3.63) is 41.0 Å². The van der Waals surface area contributed by atoms with Crippen LogP contribution in [0.4, 0.5) is 0 Å². The van der Waals surface area contributed by atoms with Gasteiger partial charge in [0.05, 0.1) is 17.4 Å². The number of carbonyl (C=O) groups excluding carboxylic acids is 1. The Morgan fingerprint density at radius 2 is 2.15 bits per heavy atom. The summed E-state index contributed by atoms with van der Waals surface area (Å²) in [5, 5.41) is 5.94. The predicted octanol–water partition coefficient (Wildman–Crippen LogP) is 3.24. The van der Waals surface area contributed by atoms with Crippen LogP contribution in [-0.4, -0.2) is 16.6 Å². The maximum absolute atomic E-state index is 12.3. The van der Waals surface area contributed by atoms with Crippen molar-refractivity contribution in [3.8, 4) is 5.00 Å². The van der Waals surface area contributed by atoms with Crippen LogP contribution in [0.5, 0.6) is 0 Å². The smallest absolute Gasteiger partial charge is 0.256 e. The minimum absolute atomic E-state index is 0.0482. The molecule has 1 saturated carbocycles. The molecule has 2 aliphatic rings. The van der Waals surface area contributed by atoms with E-state index in [0.29, 0.717) is 0 Å². The second kappa shape index (κ2) is 4.75. The number of aromatic nitrogens is 1. The van der Waals surface area contributed by atoms with E-state index < -0.39 is 0 Å². The van der Waals surface area contributed by atoms with Gasteiger partial charge >= 0.3 is 0 Å². The van der Waals surface area contributed by atoms with Gasteiger partial charge in [-0.1, -0.05) is 12.8 Å². The van der Waals surface area contributed by atoms with E-state index in [-0.39, 0.29) is 18.2 Å². The maximum Gasteiger partial charge on any atom is 0.256 e. The van der Waals surface area contributed by atoms with E-state index in [4.69, 9.17) is 4.74 Å². The molecule has 0 spiro atoms. The van der Waals surface area contributed by atoms with Gasteiger partial charge in [-0.05, 0) is 36.4 Å². The Labute approximate surface area is 121 Å². The Balaban J connectivity index is 1.72. The van der Waals surface area contributed by atoms with Gasteiger partial charge in [-0.2, -0.15) is 0 Å². The number of nitrogens with one attached hydrogen (secondary N) is 1. The zero-order valence-corrected chi connectivity index (χ0v) is 11.9. The van der Waals surface area contributed by atoms with Crippen LogP contribution in [0.1, 0.15) is 48.0 Å². The zero-order valence-electron chi connectivity index (χ0n) is 11.0. The summed E-state index contributed by atoms with van der Waals surface area (Å²) in [6, 6.07) is 5.90. The maximum atomic E-state index is 12.3. The van der Waals surface area contributed by atoms with Gasteiger partial charge in [0.2, 0.25) is 0 Å². The van der Waals surface area contributed by atoms with E-state index in [9.17, 15) is 4.79 Å². The summed E-state index contributed by atoms with van der Waals surface area (Å²) in [5.41, 5.74) is 1.73. The van der Waals surface area contributed by atoms with E-state index in [1.54, 1.807) is 11.3 Å². The van der Waals surface area contributed by atoms with Crippen molar-refractivity contribution in [2.75, 3.05) is 0 Å². The molecule has 1 fully saturated rings. The second-order valence-electron chi connectivity index (χ2n) is 5.34. The van der Waals surface area contributed by atoms with Gasteiger partial charge in [0.1, 0.15) is 5.00 Å². The Bertz CT molecular complexity index is 640. The summed E-state index contributed by atoms with van der Waals surface area (Å²) in [6.45, 7) is 0. The molecule has 0 radical (unpaired) electrons. The average Bonchev–Trinajstić information content (AvgIpc) is 3.17. The molecule has 20 heavy (non-hydrogen) atoms. The first-order valence-electron chi connectivity index (χ1n) is 7.04. The molecule has 1 atom stereocenters. The summed E-state index contributed by atoms with van der Waals surface area (Å²) in [7, 11) is 0. The lowest BCUT2D eigenvalue weighted by Gasteiger charge is -2.22. The lowest BCUT2D eigenvalue weighted by Crippen LogP contribution is -2.31. The van der Waals surface area contributed by atoms with Crippen molar-refractivity contribution >= 4 is 17.2 Å². The van der Waals surface area contributed by atoms with Gasteiger partial charge in [0, 0.05) is 6.20 Å². The molecule has 0 bridgehead atoms. The summed E-state index contributed by atoms with van der Waals surface area (Å²) in [6.07, 6.45) is 6.54. The number of nitrogens with zero attached hydrogens (tertiary/aromatic N) is 1. The molecule has 1 amide bonds. The lowest BCUT2D eigenvalue weighted by atomic mass is 10.3. The molecule has 104 valence electrons. The Kier molecular flexibility index (Phi) is 2.89. The molecule has 1 unspecified atom stereocenters. The summed E-state index contributed by atoms with van der Waals surface area (Å²) in [4.78, 5) is 12.3. The molecule has 1 aliphatic heterocycles. The number of thiophene rings is 1. The molecular formula is C15H16N2O2S. The van der Waals surface area contributed by atoms with Crippen molar-refractivity contribution < 1.29 is 9.53 Å². The van der Waals surface area contributed by atoms with Gasteiger partial charge < -0.3 is 14.6 Å². The number of fused-ring (bicyclic) bond motifs is 3. The van der Waals surface area contributed by atoms with Crippen LogP contribution in [0.25, 0.3) is 5.00 Å². The first kappa shape index (κ1) is 12.2. The molecular weight excluding hydrogens is 272 g/mol. The Morgan fingerprint density at radius 3 is 3.00 bits per heavy atom. The molecule has 2 aromatic heterocycles. The molecule has 1 aliphatic carbocycles. The number of ether oxygens (including phenoxy) is 1. The van der Waals surface area contributed by atoms with Crippen molar-refractivity contribution in [2.24, 2.45) is 0 Å². The highest BCUT2D eigenvalue weighted by Gasteiger charge is 2.30. The molecule has 1 N–H and O–H groups in total. The van der Waals surface area contributed by atoms with Crippen LogP contribution < -0.4 is 5.32 Å². The highest BCUT2D eigenvalue weighted by Crippen LogP contribution is 2.33. The predicted molar refractivity (Wildman–Crippen MR) is 77.2 cm³/mol. The Morgan fingerprint density at radius 1 is 1.30 bits per heavy atom. The minimum Gasteiger partial charge on any atom is -0.349 e. The van der Waals surface area contributed by atoms with E-state index >= 15 is 0 Å². The molecule has 4 nitrogen and oxygen atoms in total. The van der Waals surface area contributed by atoms with Crippen LogP contribution in [-0.2, 0) is 4.74 Å². The van der Waals surface area contributed by atoms with Gasteiger partial charge in [0.25, 0.3) is 5.91 Å². The highest BCUT2D eigenvalue weighted by molar-refractivity contribution is 7.13. The number of carbonyl (C=O) groups is 1. The van der Waals surface area contributed by atoms with Crippen molar-refractivity contribution in [3.63, 3.8) is 0 Å². The topological polar surface area (TPSA) is 43.3 Å². The first-order valence-corrected chi connectivity index (χ1v) is 7.92. The van der Waals surface area contributed by atoms with Gasteiger partial charge in [0.15, 0.2) is 6.23 Å². The van der Waals surface area contributed by atoms with Crippen LogP contribution in [0.3, 0.4) is 0 Å². The monoisotopic (exact) mass is 288 g/mol. The molecule has 4 rings (SSSR count). The third-order valence-electron chi connectivity index (χ3n) is 4.05. The van der Waals surface area contributed by atoms with E-state index in [1.807, 2.05) is 29.8 Å². The van der Waals surface area contributed by atoms with Crippen LogP contribution in [0.2, 0.25) is 0 Å². The van der Waals surface area contributed by atoms with Crippen LogP contribution in [0.15, 0.2) is 29.8 Å². The summed E-state index contributed by atoms with van der Waals surface area (Å²) in [5.74, 6) is -0.0482. The van der Waals surface area contributed by atoms with E-state index in [2.05, 4.69) is 9.88 Å². The fourth-order valence-electron chi connectivity index (χ4n) is 3.04. The quantitative estimate of drug-likeness (QED) is 0.922.